The maximum absolute atomic E-state index is 12.0. The number of aromatic hydroxyl groups is 1. The number of imidazole rings is 1. The Morgan fingerprint density at radius 1 is 1.12 bits per heavy atom. The molecule has 0 fully saturated rings. The molecule has 6 heteroatoms. The molecule has 1 aliphatic heterocycles. The lowest BCUT2D eigenvalue weighted by Crippen LogP contribution is -2.12. The summed E-state index contributed by atoms with van der Waals surface area (Å²) >= 11 is 1.55. The first-order valence-electron chi connectivity index (χ1n) is 7.55. The number of hydrogen-bond donors (Lipinski definition) is 2. The van der Waals surface area contributed by atoms with Crippen LogP contribution in [0.4, 0.5) is 5.82 Å². The van der Waals surface area contributed by atoms with Crippen molar-refractivity contribution in [2.75, 3.05) is 11.1 Å². The second-order valence-electron chi connectivity index (χ2n) is 5.51. The first-order valence-corrected chi connectivity index (χ1v) is 8.60. The third-order valence-corrected chi connectivity index (χ3v) is 5.18. The summed E-state index contributed by atoms with van der Waals surface area (Å²) in [5, 5.41) is 12.4. The number of thioether (sulfide) groups is 1. The Morgan fingerprint density at radius 2 is 1.88 bits per heavy atom. The van der Waals surface area contributed by atoms with Crippen molar-refractivity contribution in [3.63, 3.8) is 0 Å². The monoisotopic (exact) mass is 337 g/mol. The van der Waals surface area contributed by atoms with E-state index in [1.807, 2.05) is 47.0 Å². The molecule has 5 nitrogen and oxygen atoms in total. The Balaban J connectivity index is 1.87. The molecule has 0 saturated heterocycles. The summed E-state index contributed by atoms with van der Waals surface area (Å²) in [5.74, 6) is 1.12. The van der Waals surface area contributed by atoms with E-state index in [4.69, 9.17) is 0 Å². The van der Waals surface area contributed by atoms with Gasteiger partial charge in [0.2, 0.25) is 5.91 Å². The van der Waals surface area contributed by atoms with Crippen molar-refractivity contribution in [3.8, 4) is 11.4 Å². The van der Waals surface area contributed by atoms with Crippen molar-refractivity contribution in [3.05, 3.63) is 72.2 Å². The number of rotatable bonds is 2. The van der Waals surface area contributed by atoms with Gasteiger partial charge in [-0.15, -0.1) is 11.8 Å². The quantitative estimate of drug-likeness (QED) is 0.752. The van der Waals surface area contributed by atoms with Crippen molar-refractivity contribution in [1.82, 2.24) is 9.55 Å². The summed E-state index contributed by atoms with van der Waals surface area (Å²) in [7, 11) is 0. The molecule has 0 aliphatic carbocycles. The Labute approximate surface area is 143 Å². The van der Waals surface area contributed by atoms with E-state index >= 15 is 0 Å². The van der Waals surface area contributed by atoms with Gasteiger partial charge in [-0.05, 0) is 29.8 Å². The smallest absolute Gasteiger partial charge is 0.235 e. The molecule has 3 aromatic rings. The average Bonchev–Trinajstić information content (AvgIpc) is 2.93. The van der Waals surface area contributed by atoms with Gasteiger partial charge in [0.1, 0.15) is 12.1 Å². The third-order valence-electron chi connectivity index (χ3n) is 3.92. The summed E-state index contributed by atoms with van der Waals surface area (Å²) in [6.45, 7) is 0. The second kappa shape index (κ2) is 6.05. The minimum atomic E-state index is -0.0548. The number of carbonyl (C=O) groups is 1. The number of carbonyl (C=O) groups excluding carboxylic acids is 1. The van der Waals surface area contributed by atoms with Gasteiger partial charge in [0.05, 0.1) is 16.7 Å². The normalized spacial score (nSPS) is 17.0. The standard InChI is InChI=1S/C18H15N3O2S/c22-14-8-6-12(7-9-14)17-16-18(20-15(23)10-24-17)19-11-21(16)13-4-2-1-3-5-13/h1-9,11,17,22H,10H2,(H,20,23). The summed E-state index contributed by atoms with van der Waals surface area (Å²) < 4.78 is 2.01. The number of fused-ring (bicyclic) bond motifs is 1. The minimum Gasteiger partial charge on any atom is -0.508 e. The zero-order valence-corrected chi connectivity index (χ0v) is 13.5. The number of amides is 1. The van der Waals surface area contributed by atoms with Gasteiger partial charge in [0.25, 0.3) is 0 Å². The number of para-hydroxylation sites is 1. The molecule has 2 N–H and O–H groups in total. The van der Waals surface area contributed by atoms with E-state index in [0.717, 1.165) is 16.9 Å². The van der Waals surface area contributed by atoms with Crippen LogP contribution < -0.4 is 5.32 Å². The molecule has 24 heavy (non-hydrogen) atoms. The first kappa shape index (κ1) is 14.8. The fraction of sp³-hybridized carbons (Fsp3) is 0.111. The average molecular weight is 337 g/mol. The van der Waals surface area contributed by atoms with Crippen molar-refractivity contribution in [2.45, 2.75) is 5.25 Å². The molecular formula is C18H15N3O2S. The van der Waals surface area contributed by atoms with E-state index in [1.165, 1.54) is 0 Å². The molecular weight excluding hydrogens is 322 g/mol. The number of nitrogens with zero attached hydrogens (tertiary/aromatic N) is 2. The van der Waals surface area contributed by atoms with E-state index in [2.05, 4.69) is 10.3 Å². The summed E-state index contributed by atoms with van der Waals surface area (Å²) in [6.07, 6.45) is 1.74. The Bertz CT molecular complexity index is 875. The zero-order valence-electron chi connectivity index (χ0n) is 12.7. The van der Waals surface area contributed by atoms with Gasteiger partial charge in [0, 0.05) is 5.69 Å². The zero-order chi connectivity index (χ0) is 16.5. The SMILES string of the molecule is O=C1CSC(c2ccc(O)cc2)c2c(ncn2-c2ccccc2)N1. The van der Waals surface area contributed by atoms with E-state index in [1.54, 1.807) is 30.2 Å². The highest BCUT2D eigenvalue weighted by Crippen LogP contribution is 2.42. The lowest BCUT2D eigenvalue weighted by Gasteiger charge is -2.18. The summed E-state index contributed by atoms with van der Waals surface area (Å²) in [6, 6.07) is 17.0. The van der Waals surface area contributed by atoms with Gasteiger partial charge < -0.3 is 10.4 Å². The van der Waals surface area contributed by atoms with Crippen LogP contribution in [0.1, 0.15) is 16.5 Å². The largest absolute Gasteiger partial charge is 0.508 e. The van der Waals surface area contributed by atoms with Crippen LogP contribution in [0.5, 0.6) is 5.75 Å². The highest BCUT2D eigenvalue weighted by molar-refractivity contribution is 8.00. The number of hydrogen-bond acceptors (Lipinski definition) is 4. The molecule has 4 rings (SSSR count). The highest BCUT2D eigenvalue weighted by Gasteiger charge is 2.29. The topological polar surface area (TPSA) is 67.1 Å². The molecule has 0 bridgehead atoms. The van der Waals surface area contributed by atoms with Gasteiger partial charge >= 0.3 is 0 Å². The van der Waals surface area contributed by atoms with E-state index in [9.17, 15) is 9.90 Å². The third kappa shape index (κ3) is 2.65. The van der Waals surface area contributed by atoms with Gasteiger partial charge in [-0.3, -0.25) is 9.36 Å². The molecule has 0 radical (unpaired) electrons. The van der Waals surface area contributed by atoms with Crippen LogP contribution in [0.3, 0.4) is 0 Å². The Kier molecular flexibility index (Phi) is 3.74. The highest BCUT2D eigenvalue weighted by atomic mass is 32.2. The Morgan fingerprint density at radius 3 is 2.62 bits per heavy atom. The number of nitrogens with one attached hydrogen (secondary N) is 1. The van der Waals surface area contributed by atoms with E-state index < -0.39 is 0 Å². The van der Waals surface area contributed by atoms with Gasteiger partial charge in [-0.2, -0.15) is 0 Å². The van der Waals surface area contributed by atoms with Crippen molar-refractivity contribution in [2.24, 2.45) is 0 Å². The molecule has 1 aliphatic rings. The van der Waals surface area contributed by atoms with Crippen LogP contribution in [0.2, 0.25) is 0 Å². The number of phenolic OH excluding ortho intramolecular Hbond substituents is 1. The van der Waals surface area contributed by atoms with E-state index in [0.29, 0.717) is 11.6 Å². The van der Waals surface area contributed by atoms with E-state index in [-0.39, 0.29) is 16.9 Å². The number of anilines is 1. The van der Waals surface area contributed by atoms with Gasteiger partial charge in [0.15, 0.2) is 5.82 Å². The summed E-state index contributed by atoms with van der Waals surface area (Å²) in [4.78, 5) is 16.4. The van der Waals surface area contributed by atoms with Gasteiger partial charge in [-0.1, -0.05) is 30.3 Å². The number of phenols is 1. The van der Waals surface area contributed by atoms with Crippen molar-refractivity contribution in [1.29, 1.82) is 0 Å². The molecule has 2 heterocycles. The Hall–Kier alpha value is -2.73. The van der Waals surface area contributed by atoms with Crippen LogP contribution in [0.15, 0.2) is 60.9 Å². The lowest BCUT2D eigenvalue weighted by atomic mass is 10.1. The van der Waals surface area contributed by atoms with Crippen LogP contribution in [0.25, 0.3) is 5.69 Å². The molecule has 1 amide bonds. The fourth-order valence-corrected chi connectivity index (χ4v) is 3.93. The van der Waals surface area contributed by atoms with Crippen molar-refractivity contribution >= 4 is 23.5 Å². The molecule has 1 aromatic heterocycles. The van der Waals surface area contributed by atoms with Gasteiger partial charge in [-0.25, -0.2) is 4.98 Å². The van der Waals surface area contributed by atoms with Crippen molar-refractivity contribution < 1.29 is 9.90 Å². The molecule has 2 aromatic carbocycles. The summed E-state index contributed by atoms with van der Waals surface area (Å²) in [5.41, 5.74) is 2.95. The lowest BCUT2D eigenvalue weighted by molar-refractivity contribution is -0.113. The van der Waals surface area contributed by atoms with Crippen LogP contribution in [0, 0.1) is 0 Å². The molecule has 1 atom stereocenters. The van der Waals surface area contributed by atoms with Crippen LogP contribution in [-0.2, 0) is 4.79 Å². The predicted molar refractivity (Wildman–Crippen MR) is 94.6 cm³/mol. The molecule has 0 saturated carbocycles. The van der Waals surface area contributed by atoms with Crippen LogP contribution >= 0.6 is 11.8 Å². The maximum Gasteiger partial charge on any atom is 0.235 e. The number of aromatic nitrogens is 2. The second-order valence-corrected chi connectivity index (χ2v) is 6.61. The maximum atomic E-state index is 12.0. The molecule has 1 unspecified atom stereocenters. The number of benzene rings is 2. The van der Waals surface area contributed by atoms with Crippen LogP contribution in [-0.4, -0.2) is 26.3 Å². The first-order chi connectivity index (χ1) is 11.7. The minimum absolute atomic E-state index is 0.0535. The fourth-order valence-electron chi connectivity index (χ4n) is 2.81. The molecule has 120 valence electrons. The predicted octanol–water partition coefficient (Wildman–Crippen LogP) is 3.35. The molecule has 0 spiro atoms.